The molecule has 0 amide bonds. The van der Waals surface area contributed by atoms with Gasteiger partial charge in [-0.25, -0.2) is 8.42 Å². The van der Waals surface area contributed by atoms with Crippen molar-refractivity contribution in [3.8, 4) is 0 Å². The van der Waals surface area contributed by atoms with E-state index < -0.39 is 9.84 Å². The van der Waals surface area contributed by atoms with Gasteiger partial charge in [0.15, 0.2) is 0 Å². The molecule has 7 heteroatoms. The number of carbonyl (C=O) groups is 1. The molecule has 0 atom stereocenters. The quantitative estimate of drug-likeness (QED) is 0.593. The lowest BCUT2D eigenvalue weighted by molar-refractivity contribution is -0.141. The average molecular weight is 278 g/mol. The van der Waals surface area contributed by atoms with E-state index in [-0.39, 0.29) is 11.7 Å². The molecule has 106 valence electrons. The molecule has 1 aliphatic heterocycles. The van der Waals surface area contributed by atoms with Crippen molar-refractivity contribution in [1.29, 1.82) is 0 Å². The molecule has 1 aliphatic rings. The van der Waals surface area contributed by atoms with Crippen LogP contribution in [0.2, 0.25) is 0 Å². The molecule has 0 aromatic rings. The van der Waals surface area contributed by atoms with Crippen LogP contribution in [0.25, 0.3) is 0 Å². The number of hydrogen-bond donors (Lipinski definition) is 0. The number of rotatable bonds is 6. The first-order valence-corrected chi connectivity index (χ1v) is 8.16. The summed E-state index contributed by atoms with van der Waals surface area (Å²) < 4.78 is 26.7. The van der Waals surface area contributed by atoms with E-state index in [2.05, 4.69) is 14.5 Å². The van der Waals surface area contributed by atoms with Gasteiger partial charge in [-0.1, -0.05) is 0 Å². The molecule has 0 aromatic carbocycles. The van der Waals surface area contributed by atoms with E-state index in [1.54, 1.807) is 0 Å². The van der Waals surface area contributed by atoms with E-state index in [0.29, 0.717) is 19.5 Å². The number of hydrogen-bond acceptors (Lipinski definition) is 6. The molecular weight excluding hydrogens is 256 g/mol. The molecule has 0 spiro atoms. The van der Waals surface area contributed by atoms with Crippen molar-refractivity contribution in [1.82, 2.24) is 9.80 Å². The normalized spacial score (nSPS) is 18.8. The minimum absolute atomic E-state index is 0.186. The Morgan fingerprint density at radius 1 is 1.11 bits per heavy atom. The summed E-state index contributed by atoms with van der Waals surface area (Å²) in [6.45, 7) is 4.78. The van der Waals surface area contributed by atoms with E-state index in [1.165, 1.54) is 13.4 Å². The third kappa shape index (κ3) is 6.32. The fourth-order valence-electron chi connectivity index (χ4n) is 1.88. The third-order valence-electron chi connectivity index (χ3n) is 3.10. The summed E-state index contributed by atoms with van der Waals surface area (Å²) >= 11 is 0. The molecule has 1 fully saturated rings. The summed E-state index contributed by atoms with van der Waals surface area (Å²) in [5, 5.41) is 0. The van der Waals surface area contributed by atoms with Crippen LogP contribution in [0, 0.1) is 0 Å². The van der Waals surface area contributed by atoms with Crippen LogP contribution in [-0.2, 0) is 19.4 Å². The number of ether oxygens (including phenoxy) is 1. The number of piperazine rings is 1. The maximum absolute atomic E-state index is 11.1. The second-order valence-electron chi connectivity index (χ2n) is 4.64. The predicted octanol–water partition coefficient (Wildman–Crippen LogP) is -0.788. The third-order valence-corrected chi connectivity index (χ3v) is 4.03. The zero-order valence-corrected chi connectivity index (χ0v) is 11.9. The Bertz CT molecular complexity index is 361. The Balaban J connectivity index is 2.18. The molecule has 1 rings (SSSR count). The van der Waals surface area contributed by atoms with Crippen molar-refractivity contribution in [3.63, 3.8) is 0 Å². The molecule has 0 bridgehead atoms. The van der Waals surface area contributed by atoms with E-state index in [9.17, 15) is 13.2 Å². The summed E-state index contributed by atoms with van der Waals surface area (Å²) in [6, 6.07) is 0. The van der Waals surface area contributed by atoms with Crippen molar-refractivity contribution in [3.05, 3.63) is 0 Å². The molecule has 1 saturated heterocycles. The van der Waals surface area contributed by atoms with Crippen LogP contribution in [0.5, 0.6) is 0 Å². The fourth-order valence-corrected chi connectivity index (χ4v) is 2.47. The smallest absolute Gasteiger partial charge is 0.306 e. The topological polar surface area (TPSA) is 66.9 Å². The Kier molecular flexibility index (Phi) is 6.04. The Morgan fingerprint density at radius 3 is 2.06 bits per heavy atom. The molecule has 1 heterocycles. The SMILES string of the molecule is COC(=O)CCN1CCN(CCS(C)(=O)=O)CC1. The first kappa shape index (κ1) is 15.4. The van der Waals surface area contributed by atoms with E-state index in [4.69, 9.17) is 0 Å². The zero-order valence-electron chi connectivity index (χ0n) is 11.1. The number of carbonyl (C=O) groups excluding carboxylic acids is 1. The van der Waals surface area contributed by atoms with Crippen LogP contribution >= 0.6 is 0 Å². The Morgan fingerprint density at radius 2 is 1.61 bits per heavy atom. The van der Waals surface area contributed by atoms with Crippen molar-refractivity contribution < 1.29 is 17.9 Å². The van der Waals surface area contributed by atoms with Gasteiger partial charge < -0.3 is 9.64 Å². The summed E-state index contributed by atoms with van der Waals surface area (Å²) in [7, 11) is -1.48. The van der Waals surface area contributed by atoms with Crippen molar-refractivity contribution in [2.24, 2.45) is 0 Å². The minimum atomic E-state index is -2.88. The van der Waals surface area contributed by atoms with Crippen LogP contribution in [-0.4, -0.2) is 82.6 Å². The van der Waals surface area contributed by atoms with Crippen LogP contribution in [0.15, 0.2) is 0 Å². The molecule has 0 radical (unpaired) electrons. The monoisotopic (exact) mass is 278 g/mol. The van der Waals surface area contributed by atoms with E-state index in [1.807, 2.05) is 0 Å². The molecule has 0 unspecified atom stereocenters. The van der Waals surface area contributed by atoms with Gasteiger partial charge in [0, 0.05) is 45.5 Å². The molecular formula is C11H22N2O4S. The Hall–Kier alpha value is -0.660. The second kappa shape index (κ2) is 7.06. The highest BCUT2D eigenvalue weighted by atomic mass is 32.2. The lowest BCUT2D eigenvalue weighted by Crippen LogP contribution is -2.47. The highest BCUT2D eigenvalue weighted by molar-refractivity contribution is 7.90. The lowest BCUT2D eigenvalue weighted by atomic mass is 10.3. The molecule has 18 heavy (non-hydrogen) atoms. The van der Waals surface area contributed by atoms with Crippen molar-refractivity contribution >= 4 is 15.8 Å². The largest absolute Gasteiger partial charge is 0.469 e. The molecule has 0 saturated carbocycles. The van der Waals surface area contributed by atoms with Gasteiger partial charge in [-0.05, 0) is 0 Å². The van der Waals surface area contributed by atoms with Crippen LogP contribution in [0.3, 0.4) is 0 Å². The summed E-state index contributed by atoms with van der Waals surface area (Å²) in [4.78, 5) is 15.4. The highest BCUT2D eigenvalue weighted by Crippen LogP contribution is 2.03. The number of methoxy groups -OCH3 is 1. The van der Waals surface area contributed by atoms with Gasteiger partial charge in [-0.3, -0.25) is 9.69 Å². The van der Waals surface area contributed by atoms with Crippen LogP contribution < -0.4 is 0 Å². The van der Waals surface area contributed by atoms with Crippen LogP contribution in [0.4, 0.5) is 0 Å². The average Bonchev–Trinajstić information content (AvgIpc) is 2.33. The van der Waals surface area contributed by atoms with Gasteiger partial charge in [-0.15, -0.1) is 0 Å². The Labute approximate surface area is 109 Å². The van der Waals surface area contributed by atoms with Gasteiger partial charge in [0.2, 0.25) is 0 Å². The van der Waals surface area contributed by atoms with Gasteiger partial charge in [0.05, 0.1) is 19.3 Å². The number of sulfone groups is 1. The van der Waals surface area contributed by atoms with E-state index in [0.717, 1.165) is 26.2 Å². The van der Waals surface area contributed by atoms with E-state index >= 15 is 0 Å². The first-order chi connectivity index (χ1) is 8.40. The number of esters is 1. The summed E-state index contributed by atoms with van der Waals surface area (Å²) in [5.41, 5.74) is 0. The predicted molar refractivity (Wildman–Crippen MR) is 69.2 cm³/mol. The maximum Gasteiger partial charge on any atom is 0.306 e. The summed E-state index contributed by atoms with van der Waals surface area (Å²) in [5.74, 6) is 0.0318. The van der Waals surface area contributed by atoms with Gasteiger partial charge >= 0.3 is 5.97 Å². The zero-order chi connectivity index (χ0) is 13.6. The molecule has 0 N–H and O–H groups in total. The molecule has 0 aliphatic carbocycles. The maximum atomic E-state index is 11.1. The fraction of sp³-hybridized carbons (Fsp3) is 0.909. The van der Waals surface area contributed by atoms with Gasteiger partial charge in [0.1, 0.15) is 9.84 Å². The number of nitrogens with zero attached hydrogens (tertiary/aromatic N) is 2. The first-order valence-electron chi connectivity index (χ1n) is 6.10. The second-order valence-corrected chi connectivity index (χ2v) is 6.90. The highest BCUT2D eigenvalue weighted by Gasteiger charge is 2.18. The van der Waals surface area contributed by atoms with Crippen molar-refractivity contribution in [2.75, 3.05) is 58.4 Å². The molecule has 6 nitrogen and oxygen atoms in total. The van der Waals surface area contributed by atoms with Crippen LogP contribution in [0.1, 0.15) is 6.42 Å². The standard InChI is InChI=1S/C11H22N2O4S/c1-17-11(14)3-4-12-5-7-13(8-6-12)9-10-18(2,15)16/h3-10H2,1-2H3. The van der Waals surface area contributed by atoms with Gasteiger partial charge in [0.25, 0.3) is 0 Å². The van der Waals surface area contributed by atoms with Gasteiger partial charge in [-0.2, -0.15) is 0 Å². The minimum Gasteiger partial charge on any atom is -0.469 e. The molecule has 0 aromatic heterocycles. The lowest BCUT2D eigenvalue weighted by Gasteiger charge is -2.34. The van der Waals surface area contributed by atoms with Crippen molar-refractivity contribution in [2.45, 2.75) is 6.42 Å². The summed E-state index contributed by atoms with van der Waals surface area (Å²) in [6.07, 6.45) is 1.68.